The second-order valence-corrected chi connectivity index (χ2v) is 8.05. The average molecular weight is 380 g/mol. The molecular weight excluding hydrogens is 356 g/mol. The van der Waals surface area contributed by atoms with E-state index in [2.05, 4.69) is 10.3 Å². The predicted molar refractivity (Wildman–Crippen MR) is 98.1 cm³/mol. The summed E-state index contributed by atoms with van der Waals surface area (Å²) in [4.78, 5) is 15.7. The summed E-state index contributed by atoms with van der Waals surface area (Å²) in [5, 5.41) is 2.80. The highest BCUT2D eigenvalue weighted by atomic mass is 32.2. The van der Waals surface area contributed by atoms with Crippen molar-refractivity contribution in [3.8, 4) is 5.75 Å². The molecule has 0 radical (unpaired) electrons. The minimum Gasteiger partial charge on any atom is -0.484 e. The maximum Gasteiger partial charge on any atom is 0.257 e. The molecule has 26 heavy (non-hydrogen) atoms. The van der Waals surface area contributed by atoms with Gasteiger partial charge in [0, 0.05) is 39.1 Å². The molecule has 0 atom stereocenters. The van der Waals surface area contributed by atoms with Crippen molar-refractivity contribution in [3.63, 3.8) is 0 Å². The smallest absolute Gasteiger partial charge is 0.257 e. The summed E-state index contributed by atoms with van der Waals surface area (Å²) in [6.45, 7) is 1.59. The summed E-state index contributed by atoms with van der Waals surface area (Å²) in [5.41, 5.74) is 0.842. The van der Waals surface area contributed by atoms with E-state index >= 15 is 0 Å². The molecular formula is C17H24N4O4S. The molecule has 1 aromatic heterocycles. The maximum absolute atomic E-state index is 11.8. The van der Waals surface area contributed by atoms with Crippen LogP contribution in [0.5, 0.6) is 5.75 Å². The minimum atomic E-state index is -3.21. The molecule has 2 aromatic rings. The van der Waals surface area contributed by atoms with Gasteiger partial charge in [-0.3, -0.25) is 4.79 Å². The van der Waals surface area contributed by atoms with Crippen molar-refractivity contribution >= 4 is 15.9 Å². The molecule has 1 aromatic carbocycles. The Morgan fingerprint density at radius 3 is 2.65 bits per heavy atom. The number of rotatable bonds is 10. The fraction of sp³-hybridized carbons (Fsp3) is 0.412. The summed E-state index contributed by atoms with van der Waals surface area (Å²) in [7, 11) is -1.69. The van der Waals surface area contributed by atoms with E-state index in [0.29, 0.717) is 12.3 Å². The molecule has 0 saturated carbocycles. The molecule has 0 saturated heterocycles. The third-order valence-electron chi connectivity index (χ3n) is 3.74. The Kier molecular flexibility index (Phi) is 7.16. The first kappa shape index (κ1) is 19.9. The molecule has 1 amide bonds. The minimum absolute atomic E-state index is 0.0618. The van der Waals surface area contributed by atoms with Crippen LogP contribution in [0.25, 0.3) is 0 Å². The van der Waals surface area contributed by atoms with E-state index in [1.54, 1.807) is 36.8 Å². The van der Waals surface area contributed by atoms with Crippen molar-refractivity contribution in [1.29, 1.82) is 0 Å². The van der Waals surface area contributed by atoms with Crippen molar-refractivity contribution in [3.05, 3.63) is 48.5 Å². The van der Waals surface area contributed by atoms with Crippen LogP contribution < -0.4 is 10.1 Å². The van der Waals surface area contributed by atoms with Crippen LogP contribution in [0.15, 0.2) is 43.0 Å². The molecule has 0 aliphatic heterocycles. The van der Waals surface area contributed by atoms with Gasteiger partial charge in [-0.1, -0.05) is 12.1 Å². The number of benzene rings is 1. The summed E-state index contributed by atoms with van der Waals surface area (Å²) in [5.74, 6) is 0.376. The first-order valence-electron chi connectivity index (χ1n) is 8.20. The van der Waals surface area contributed by atoms with Crippen LogP contribution in [0.1, 0.15) is 12.0 Å². The zero-order valence-corrected chi connectivity index (χ0v) is 15.8. The Bertz CT molecular complexity index is 789. The number of hydrogen-bond donors (Lipinski definition) is 1. The standard InChI is InChI=1S/C17H24N4O4S/c1-20(26(2,23)24)12-15-4-6-16(7-5-15)25-13-17(22)19-8-3-10-21-11-9-18-14-21/h4-7,9,11,14H,3,8,10,12-13H2,1-2H3,(H,19,22). The first-order chi connectivity index (χ1) is 12.3. The Labute approximate surface area is 153 Å². The highest BCUT2D eigenvalue weighted by Crippen LogP contribution is 2.14. The van der Waals surface area contributed by atoms with E-state index in [1.807, 2.05) is 10.8 Å². The predicted octanol–water partition coefficient (Wildman–Crippen LogP) is 0.860. The maximum atomic E-state index is 11.8. The van der Waals surface area contributed by atoms with Gasteiger partial charge in [0.25, 0.3) is 5.91 Å². The molecule has 1 N–H and O–H groups in total. The average Bonchev–Trinajstić information content (AvgIpc) is 3.10. The highest BCUT2D eigenvalue weighted by Gasteiger charge is 2.11. The van der Waals surface area contributed by atoms with Crippen molar-refractivity contribution in [1.82, 2.24) is 19.2 Å². The molecule has 9 heteroatoms. The molecule has 0 fully saturated rings. The van der Waals surface area contributed by atoms with E-state index in [1.165, 1.54) is 17.6 Å². The van der Waals surface area contributed by atoms with Crippen molar-refractivity contribution in [2.45, 2.75) is 19.5 Å². The second kappa shape index (κ2) is 9.35. The van der Waals surface area contributed by atoms with Gasteiger partial charge < -0.3 is 14.6 Å². The Hall–Kier alpha value is -2.39. The molecule has 0 spiro atoms. The number of nitrogens with one attached hydrogen (secondary N) is 1. The van der Waals surface area contributed by atoms with Gasteiger partial charge >= 0.3 is 0 Å². The lowest BCUT2D eigenvalue weighted by atomic mass is 10.2. The van der Waals surface area contributed by atoms with E-state index in [9.17, 15) is 13.2 Å². The zero-order valence-electron chi connectivity index (χ0n) is 15.0. The number of carbonyl (C=O) groups is 1. The van der Waals surface area contributed by atoms with Crippen LogP contribution in [0, 0.1) is 0 Å². The number of carbonyl (C=O) groups excluding carboxylic acids is 1. The van der Waals surface area contributed by atoms with Crippen LogP contribution in [-0.2, 0) is 27.9 Å². The van der Waals surface area contributed by atoms with Crippen LogP contribution >= 0.6 is 0 Å². The molecule has 0 bridgehead atoms. The van der Waals surface area contributed by atoms with E-state index in [4.69, 9.17) is 4.74 Å². The number of sulfonamides is 1. The molecule has 8 nitrogen and oxygen atoms in total. The zero-order chi connectivity index (χ0) is 19.0. The van der Waals surface area contributed by atoms with Gasteiger partial charge in [-0.25, -0.2) is 17.7 Å². The van der Waals surface area contributed by atoms with Gasteiger partial charge in [-0.05, 0) is 24.1 Å². The van der Waals surface area contributed by atoms with Crippen LogP contribution in [0.4, 0.5) is 0 Å². The quantitative estimate of drug-likeness (QED) is 0.617. The van der Waals surface area contributed by atoms with Gasteiger partial charge in [0.15, 0.2) is 6.61 Å². The number of aromatic nitrogens is 2. The lowest BCUT2D eigenvalue weighted by Crippen LogP contribution is -2.30. The van der Waals surface area contributed by atoms with Gasteiger partial charge in [-0.2, -0.15) is 0 Å². The topological polar surface area (TPSA) is 93.5 Å². The van der Waals surface area contributed by atoms with Crippen LogP contribution in [-0.4, -0.2) is 54.6 Å². The van der Waals surface area contributed by atoms with Crippen LogP contribution in [0.2, 0.25) is 0 Å². The lowest BCUT2D eigenvalue weighted by molar-refractivity contribution is -0.123. The Morgan fingerprint density at radius 1 is 1.31 bits per heavy atom. The summed E-state index contributed by atoms with van der Waals surface area (Å²) >= 11 is 0. The van der Waals surface area contributed by atoms with E-state index in [0.717, 1.165) is 18.5 Å². The third-order valence-corrected chi connectivity index (χ3v) is 5.00. The SMILES string of the molecule is CN(Cc1ccc(OCC(=O)NCCCn2ccnc2)cc1)S(C)(=O)=O. The van der Waals surface area contributed by atoms with Gasteiger partial charge in [0.1, 0.15) is 5.75 Å². The number of amides is 1. The third kappa shape index (κ3) is 6.85. The molecule has 0 unspecified atom stereocenters. The van der Waals surface area contributed by atoms with Crippen molar-refractivity contribution in [2.24, 2.45) is 0 Å². The van der Waals surface area contributed by atoms with Crippen LogP contribution in [0.3, 0.4) is 0 Å². The highest BCUT2D eigenvalue weighted by molar-refractivity contribution is 7.88. The number of aryl methyl sites for hydroxylation is 1. The fourth-order valence-corrected chi connectivity index (χ4v) is 2.56. The summed E-state index contributed by atoms with van der Waals surface area (Å²) < 4.78 is 31.5. The number of nitrogens with zero attached hydrogens (tertiary/aromatic N) is 3. The van der Waals surface area contributed by atoms with E-state index < -0.39 is 10.0 Å². The second-order valence-electron chi connectivity index (χ2n) is 5.96. The van der Waals surface area contributed by atoms with E-state index in [-0.39, 0.29) is 19.1 Å². The number of hydrogen-bond acceptors (Lipinski definition) is 5. The lowest BCUT2D eigenvalue weighted by Gasteiger charge is -2.14. The number of ether oxygens (including phenoxy) is 1. The van der Waals surface area contributed by atoms with Crippen molar-refractivity contribution in [2.75, 3.05) is 26.5 Å². The molecule has 1 heterocycles. The largest absolute Gasteiger partial charge is 0.484 e. The van der Waals surface area contributed by atoms with Gasteiger partial charge in [-0.15, -0.1) is 0 Å². The monoisotopic (exact) mass is 380 g/mol. The Morgan fingerprint density at radius 2 is 2.04 bits per heavy atom. The molecule has 0 aliphatic carbocycles. The Balaban J connectivity index is 1.67. The fourth-order valence-electron chi connectivity index (χ4n) is 2.17. The molecule has 142 valence electrons. The summed E-state index contributed by atoms with van der Waals surface area (Å²) in [6.07, 6.45) is 7.31. The molecule has 2 rings (SSSR count). The molecule has 0 aliphatic rings. The summed E-state index contributed by atoms with van der Waals surface area (Å²) in [6, 6.07) is 7.00. The van der Waals surface area contributed by atoms with Gasteiger partial charge in [0.05, 0.1) is 12.6 Å². The normalized spacial score (nSPS) is 11.5. The number of imidazole rings is 1. The first-order valence-corrected chi connectivity index (χ1v) is 10.0. The van der Waals surface area contributed by atoms with Crippen molar-refractivity contribution < 1.29 is 17.9 Å². The van der Waals surface area contributed by atoms with Gasteiger partial charge in [0.2, 0.25) is 10.0 Å².